The molecule has 1 aliphatic carbocycles. The number of carbonyl (C=O) groups excluding carboxylic acids is 1. The van der Waals surface area contributed by atoms with Crippen LogP contribution in [0.5, 0.6) is 0 Å². The fraction of sp³-hybridized carbons (Fsp3) is 0.211. The van der Waals surface area contributed by atoms with E-state index in [4.69, 9.17) is 0 Å². The summed E-state index contributed by atoms with van der Waals surface area (Å²) in [6.07, 6.45) is 5.08. The Morgan fingerprint density at radius 3 is 2.05 bits per heavy atom. The molecule has 0 amide bonds. The molecular formula is C19H18O. The molecule has 0 spiro atoms. The molecule has 0 aromatic heterocycles. The summed E-state index contributed by atoms with van der Waals surface area (Å²) in [4.78, 5) is 11.1. The van der Waals surface area contributed by atoms with E-state index in [-0.39, 0.29) is 0 Å². The van der Waals surface area contributed by atoms with Gasteiger partial charge in [0.25, 0.3) is 0 Å². The van der Waals surface area contributed by atoms with Crippen LogP contribution < -0.4 is 0 Å². The van der Waals surface area contributed by atoms with Crippen LogP contribution in [0.15, 0.2) is 72.3 Å². The van der Waals surface area contributed by atoms with Crippen LogP contribution in [0.3, 0.4) is 0 Å². The quantitative estimate of drug-likeness (QED) is 0.746. The topological polar surface area (TPSA) is 17.1 Å². The number of carbonyl (C=O) groups is 1. The van der Waals surface area contributed by atoms with Crippen LogP contribution in [0.25, 0.3) is 0 Å². The first kappa shape index (κ1) is 12.9. The Balaban J connectivity index is 2.01. The zero-order chi connectivity index (χ0) is 13.8. The van der Waals surface area contributed by atoms with Gasteiger partial charge >= 0.3 is 0 Å². The normalized spacial score (nSPS) is 22.1. The van der Waals surface area contributed by atoms with Crippen molar-refractivity contribution in [2.45, 2.75) is 24.7 Å². The number of rotatable bonds is 3. The molecule has 0 fully saturated rings. The third-order valence-corrected chi connectivity index (χ3v) is 4.13. The standard InChI is InChI=1S/C19H18O/c20-14-15-11-12-18(16-7-3-1-4-8-16)19(13-15)17-9-5-2-6-10-17/h1-10,13-14,18-19H,11-12H2. The zero-order valence-electron chi connectivity index (χ0n) is 11.4. The van der Waals surface area contributed by atoms with Gasteiger partial charge in [0, 0.05) is 5.92 Å². The molecule has 2 atom stereocenters. The number of hydrogen-bond acceptors (Lipinski definition) is 1. The van der Waals surface area contributed by atoms with Gasteiger partial charge in [0.1, 0.15) is 6.29 Å². The molecule has 0 heterocycles. The van der Waals surface area contributed by atoms with Gasteiger partial charge in [0.15, 0.2) is 0 Å². The minimum atomic E-state index is 0.299. The van der Waals surface area contributed by atoms with E-state index >= 15 is 0 Å². The Kier molecular flexibility index (Phi) is 3.78. The highest BCUT2D eigenvalue weighted by Gasteiger charge is 2.27. The van der Waals surface area contributed by atoms with Crippen LogP contribution in [-0.2, 0) is 4.79 Å². The van der Waals surface area contributed by atoms with Crippen LogP contribution in [0, 0.1) is 0 Å². The summed E-state index contributed by atoms with van der Waals surface area (Å²) in [5.41, 5.74) is 3.59. The van der Waals surface area contributed by atoms with E-state index in [1.807, 2.05) is 6.07 Å². The van der Waals surface area contributed by atoms with Gasteiger partial charge in [-0.15, -0.1) is 0 Å². The summed E-state index contributed by atoms with van der Waals surface area (Å²) >= 11 is 0. The molecule has 100 valence electrons. The Bertz CT molecular complexity index is 598. The summed E-state index contributed by atoms with van der Waals surface area (Å²) in [7, 11) is 0. The molecule has 0 saturated heterocycles. The first-order chi connectivity index (χ1) is 9.88. The molecule has 2 aromatic carbocycles. The fourth-order valence-corrected chi connectivity index (χ4v) is 3.11. The third-order valence-electron chi connectivity index (χ3n) is 4.13. The van der Waals surface area contributed by atoms with Crippen molar-refractivity contribution in [2.24, 2.45) is 0 Å². The molecule has 0 bridgehead atoms. The second-order valence-corrected chi connectivity index (χ2v) is 5.35. The second-order valence-electron chi connectivity index (χ2n) is 5.35. The summed E-state index contributed by atoms with van der Waals surface area (Å²) < 4.78 is 0. The average molecular weight is 262 g/mol. The summed E-state index contributed by atoms with van der Waals surface area (Å²) in [5, 5.41) is 0. The molecule has 1 heteroatoms. The smallest absolute Gasteiger partial charge is 0.145 e. The molecule has 0 N–H and O–H groups in total. The van der Waals surface area contributed by atoms with Crippen molar-refractivity contribution in [1.82, 2.24) is 0 Å². The molecular weight excluding hydrogens is 244 g/mol. The summed E-state index contributed by atoms with van der Waals surface area (Å²) in [6, 6.07) is 21.1. The van der Waals surface area contributed by atoms with Crippen molar-refractivity contribution in [3.8, 4) is 0 Å². The lowest BCUT2D eigenvalue weighted by Gasteiger charge is -2.30. The second kappa shape index (κ2) is 5.87. The van der Waals surface area contributed by atoms with Crippen molar-refractivity contribution in [1.29, 1.82) is 0 Å². The van der Waals surface area contributed by atoms with Gasteiger partial charge in [0.05, 0.1) is 0 Å². The maximum atomic E-state index is 11.1. The van der Waals surface area contributed by atoms with Crippen LogP contribution >= 0.6 is 0 Å². The molecule has 2 unspecified atom stereocenters. The largest absolute Gasteiger partial charge is 0.298 e. The Morgan fingerprint density at radius 2 is 1.45 bits per heavy atom. The van der Waals surface area contributed by atoms with Gasteiger partial charge in [0.2, 0.25) is 0 Å². The van der Waals surface area contributed by atoms with Crippen LogP contribution in [0.2, 0.25) is 0 Å². The molecule has 20 heavy (non-hydrogen) atoms. The highest BCUT2D eigenvalue weighted by atomic mass is 16.1. The molecule has 3 rings (SSSR count). The van der Waals surface area contributed by atoms with E-state index in [2.05, 4.69) is 60.7 Å². The predicted molar refractivity (Wildman–Crippen MR) is 81.7 cm³/mol. The van der Waals surface area contributed by atoms with Gasteiger partial charge in [-0.3, -0.25) is 4.79 Å². The van der Waals surface area contributed by atoms with Crippen LogP contribution in [0.4, 0.5) is 0 Å². The summed E-state index contributed by atoms with van der Waals surface area (Å²) in [5.74, 6) is 0.759. The lowest BCUT2D eigenvalue weighted by atomic mass is 9.74. The van der Waals surface area contributed by atoms with E-state index in [1.165, 1.54) is 11.1 Å². The number of aldehydes is 1. The van der Waals surface area contributed by atoms with Gasteiger partial charge in [-0.25, -0.2) is 0 Å². The number of hydrogen-bond donors (Lipinski definition) is 0. The SMILES string of the molecule is O=CC1=CC(c2ccccc2)C(c2ccccc2)CC1. The first-order valence-electron chi connectivity index (χ1n) is 7.14. The van der Waals surface area contributed by atoms with E-state index in [0.717, 1.165) is 24.7 Å². The minimum Gasteiger partial charge on any atom is -0.298 e. The molecule has 0 saturated carbocycles. The van der Waals surface area contributed by atoms with Gasteiger partial charge in [-0.2, -0.15) is 0 Å². The molecule has 0 radical (unpaired) electrons. The van der Waals surface area contributed by atoms with Crippen LogP contribution in [0.1, 0.15) is 35.8 Å². The van der Waals surface area contributed by atoms with E-state index < -0.39 is 0 Å². The first-order valence-corrected chi connectivity index (χ1v) is 7.14. The van der Waals surface area contributed by atoms with E-state index in [1.54, 1.807) is 0 Å². The van der Waals surface area contributed by atoms with Crippen LogP contribution in [-0.4, -0.2) is 6.29 Å². The van der Waals surface area contributed by atoms with Crippen molar-refractivity contribution in [2.75, 3.05) is 0 Å². The fourth-order valence-electron chi connectivity index (χ4n) is 3.11. The van der Waals surface area contributed by atoms with Crippen molar-refractivity contribution in [3.05, 3.63) is 83.4 Å². The molecule has 1 aliphatic rings. The minimum absolute atomic E-state index is 0.299. The maximum Gasteiger partial charge on any atom is 0.145 e. The van der Waals surface area contributed by atoms with E-state index in [9.17, 15) is 4.79 Å². The van der Waals surface area contributed by atoms with Gasteiger partial charge in [-0.05, 0) is 35.5 Å². The van der Waals surface area contributed by atoms with E-state index in [0.29, 0.717) is 11.8 Å². The molecule has 0 aliphatic heterocycles. The van der Waals surface area contributed by atoms with Gasteiger partial charge < -0.3 is 0 Å². The number of allylic oxidation sites excluding steroid dienone is 2. The Morgan fingerprint density at radius 1 is 0.850 bits per heavy atom. The zero-order valence-corrected chi connectivity index (χ0v) is 11.4. The molecule has 2 aromatic rings. The summed E-state index contributed by atoms with van der Waals surface area (Å²) in [6.45, 7) is 0. The van der Waals surface area contributed by atoms with Crippen molar-refractivity contribution in [3.63, 3.8) is 0 Å². The van der Waals surface area contributed by atoms with Crippen molar-refractivity contribution >= 4 is 6.29 Å². The third kappa shape index (κ3) is 2.57. The lowest BCUT2D eigenvalue weighted by Crippen LogP contribution is -2.15. The highest BCUT2D eigenvalue weighted by molar-refractivity contribution is 5.74. The molecule has 1 nitrogen and oxygen atoms in total. The monoisotopic (exact) mass is 262 g/mol. The lowest BCUT2D eigenvalue weighted by molar-refractivity contribution is -0.105. The number of benzene rings is 2. The highest BCUT2D eigenvalue weighted by Crippen LogP contribution is 2.42. The Labute approximate surface area is 120 Å². The van der Waals surface area contributed by atoms with Crippen molar-refractivity contribution < 1.29 is 4.79 Å². The Hall–Kier alpha value is -2.15. The maximum absolute atomic E-state index is 11.1. The van der Waals surface area contributed by atoms with Gasteiger partial charge in [-0.1, -0.05) is 66.7 Å². The average Bonchev–Trinajstić information content (AvgIpc) is 2.56. The predicted octanol–water partition coefficient (Wildman–Crippen LogP) is 4.47.